The molecule has 4 heterocycles. The maximum absolute atomic E-state index is 12.3. The van der Waals surface area contributed by atoms with Crippen molar-refractivity contribution in [3.8, 4) is 0 Å². The molecule has 1 fully saturated rings. The summed E-state index contributed by atoms with van der Waals surface area (Å²) >= 11 is 1.49. The standard InChI is InChI=1S/C23H32N8O2S/c1-23(2,3)33-22(32)31-11-8-15(9-12-31)25-20-26-16(14-30(4)5)13-18(28-20)29-21-27-17-7-6-10-24-19(17)34-21/h6-7,10,13,15H,8-9,11-12,14H2,1-5H3,(H2,25,26,27,28,29). The van der Waals surface area contributed by atoms with Crippen LogP contribution in [0.5, 0.6) is 0 Å². The highest BCUT2D eigenvalue weighted by Gasteiger charge is 2.27. The van der Waals surface area contributed by atoms with E-state index in [1.165, 1.54) is 11.3 Å². The Kier molecular flexibility index (Phi) is 7.13. The van der Waals surface area contributed by atoms with Crippen molar-refractivity contribution in [1.29, 1.82) is 0 Å². The molecule has 34 heavy (non-hydrogen) atoms. The molecule has 0 spiro atoms. The van der Waals surface area contributed by atoms with Crippen LogP contribution in [0.4, 0.5) is 21.7 Å². The minimum Gasteiger partial charge on any atom is -0.444 e. The van der Waals surface area contributed by atoms with Crippen molar-refractivity contribution < 1.29 is 9.53 Å². The minimum absolute atomic E-state index is 0.174. The van der Waals surface area contributed by atoms with E-state index >= 15 is 0 Å². The first-order valence-electron chi connectivity index (χ1n) is 11.4. The van der Waals surface area contributed by atoms with Gasteiger partial charge < -0.3 is 25.2 Å². The summed E-state index contributed by atoms with van der Waals surface area (Å²) in [5.74, 6) is 1.25. The number of carbonyl (C=O) groups excluding carboxylic acids is 1. The number of thiazole rings is 1. The summed E-state index contributed by atoms with van der Waals surface area (Å²) in [6.07, 6.45) is 3.10. The van der Waals surface area contributed by atoms with Gasteiger partial charge in [0.05, 0.1) is 5.69 Å². The summed E-state index contributed by atoms with van der Waals surface area (Å²) in [6.45, 7) is 7.60. The Labute approximate surface area is 203 Å². The molecule has 0 saturated carbocycles. The fraction of sp³-hybridized carbons (Fsp3) is 0.522. The van der Waals surface area contributed by atoms with Crippen molar-refractivity contribution in [3.05, 3.63) is 30.1 Å². The maximum Gasteiger partial charge on any atom is 0.410 e. The summed E-state index contributed by atoms with van der Waals surface area (Å²) < 4.78 is 5.50. The van der Waals surface area contributed by atoms with E-state index in [1.54, 1.807) is 11.1 Å². The molecule has 10 nitrogen and oxygen atoms in total. The van der Waals surface area contributed by atoms with Crippen molar-refractivity contribution in [3.63, 3.8) is 0 Å². The average Bonchev–Trinajstić information content (AvgIpc) is 3.14. The van der Waals surface area contributed by atoms with Crippen molar-refractivity contribution >= 4 is 44.7 Å². The summed E-state index contributed by atoms with van der Waals surface area (Å²) in [4.78, 5) is 35.4. The van der Waals surface area contributed by atoms with Gasteiger partial charge in [-0.2, -0.15) is 4.98 Å². The first-order valence-corrected chi connectivity index (χ1v) is 12.2. The summed E-state index contributed by atoms with van der Waals surface area (Å²) in [5, 5.41) is 7.52. The third kappa shape index (κ3) is 6.51. The first kappa shape index (κ1) is 24.1. The van der Waals surface area contributed by atoms with Gasteiger partial charge in [0, 0.05) is 37.9 Å². The molecule has 0 radical (unpaired) electrons. The van der Waals surface area contributed by atoms with Crippen LogP contribution < -0.4 is 10.6 Å². The summed E-state index contributed by atoms with van der Waals surface area (Å²) in [7, 11) is 4.02. The number of likely N-dealkylation sites (tertiary alicyclic amines) is 1. The molecular formula is C23H32N8O2S. The lowest BCUT2D eigenvalue weighted by Gasteiger charge is -2.33. The number of carbonyl (C=O) groups is 1. The number of rotatable bonds is 6. The largest absolute Gasteiger partial charge is 0.444 e. The molecule has 0 aromatic carbocycles. The highest BCUT2D eigenvalue weighted by Crippen LogP contribution is 2.27. The normalized spacial score (nSPS) is 15.1. The third-order valence-corrected chi connectivity index (χ3v) is 6.03. The number of anilines is 3. The first-order chi connectivity index (χ1) is 16.1. The van der Waals surface area contributed by atoms with E-state index in [-0.39, 0.29) is 12.1 Å². The minimum atomic E-state index is -0.490. The molecule has 2 N–H and O–H groups in total. The Morgan fingerprint density at radius 2 is 2.00 bits per heavy atom. The molecule has 1 saturated heterocycles. The van der Waals surface area contributed by atoms with Gasteiger partial charge in [0.25, 0.3) is 0 Å². The predicted octanol–water partition coefficient (Wildman–Crippen LogP) is 4.10. The number of nitrogens with zero attached hydrogens (tertiary/aromatic N) is 6. The van der Waals surface area contributed by atoms with Crippen molar-refractivity contribution in [2.24, 2.45) is 0 Å². The molecule has 0 aliphatic carbocycles. The Hall–Kier alpha value is -3.05. The van der Waals surface area contributed by atoms with Crippen LogP contribution in [0.3, 0.4) is 0 Å². The summed E-state index contributed by atoms with van der Waals surface area (Å²) in [6, 6.07) is 5.93. The van der Waals surface area contributed by atoms with Gasteiger partial charge in [-0.25, -0.2) is 19.7 Å². The number of aromatic nitrogens is 4. The maximum atomic E-state index is 12.3. The van der Waals surface area contributed by atoms with E-state index in [2.05, 4.69) is 25.5 Å². The molecule has 0 atom stereocenters. The van der Waals surface area contributed by atoms with E-state index in [0.717, 1.165) is 34.0 Å². The van der Waals surface area contributed by atoms with Gasteiger partial charge in [-0.3, -0.25) is 0 Å². The van der Waals surface area contributed by atoms with Crippen LogP contribution in [-0.4, -0.2) is 74.7 Å². The molecular weight excluding hydrogens is 452 g/mol. The van der Waals surface area contributed by atoms with E-state index in [9.17, 15) is 4.79 Å². The Bertz CT molecular complexity index is 1100. The fourth-order valence-corrected chi connectivity index (χ4v) is 4.49. The lowest BCUT2D eigenvalue weighted by molar-refractivity contribution is 0.0210. The molecule has 0 unspecified atom stereocenters. The van der Waals surface area contributed by atoms with Gasteiger partial charge in [-0.1, -0.05) is 11.3 Å². The molecule has 1 aliphatic rings. The smallest absolute Gasteiger partial charge is 0.410 e. The van der Waals surface area contributed by atoms with Gasteiger partial charge in [0.15, 0.2) is 5.13 Å². The predicted molar refractivity (Wildman–Crippen MR) is 135 cm³/mol. The van der Waals surface area contributed by atoms with Crippen molar-refractivity contribution in [2.45, 2.75) is 51.8 Å². The van der Waals surface area contributed by atoms with Crippen LogP contribution in [0.2, 0.25) is 0 Å². The Balaban J connectivity index is 1.44. The Morgan fingerprint density at radius 3 is 2.68 bits per heavy atom. The van der Waals surface area contributed by atoms with E-state index in [1.807, 2.05) is 53.1 Å². The molecule has 3 aromatic heterocycles. The summed E-state index contributed by atoms with van der Waals surface area (Å²) in [5.41, 5.74) is 1.26. The zero-order chi connectivity index (χ0) is 24.3. The van der Waals surface area contributed by atoms with Crippen LogP contribution in [-0.2, 0) is 11.3 Å². The van der Waals surface area contributed by atoms with E-state index in [0.29, 0.717) is 31.4 Å². The Morgan fingerprint density at radius 1 is 1.24 bits per heavy atom. The quantitative estimate of drug-likeness (QED) is 0.534. The molecule has 182 valence electrons. The number of amides is 1. The molecule has 3 aromatic rings. The van der Waals surface area contributed by atoms with Crippen LogP contribution >= 0.6 is 11.3 Å². The average molecular weight is 485 g/mol. The number of hydrogen-bond donors (Lipinski definition) is 2. The molecule has 0 bridgehead atoms. The van der Waals surface area contributed by atoms with Gasteiger partial charge >= 0.3 is 6.09 Å². The lowest BCUT2D eigenvalue weighted by atomic mass is 10.1. The van der Waals surface area contributed by atoms with Gasteiger partial charge in [0.1, 0.15) is 21.8 Å². The second kappa shape index (κ2) is 10.1. The van der Waals surface area contributed by atoms with Crippen LogP contribution in [0.25, 0.3) is 10.3 Å². The van der Waals surface area contributed by atoms with Gasteiger partial charge in [-0.15, -0.1) is 0 Å². The third-order valence-electron chi connectivity index (χ3n) is 5.14. The highest BCUT2D eigenvalue weighted by molar-refractivity contribution is 7.21. The van der Waals surface area contributed by atoms with Gasteiger partial charge in [-0.05, 0) is 59.8 Å². The van der Waals surface area contributed by atoms with E-state index < -0.39 is 5.60 Å². The fourth-order valence-electron chi connectivity index (χ4n) is 3.68. The van der Waals surface area contributed by atoms with Crippen molar-refractivity contribution in [1.82, 2.24) is 29.7 Å². The number of pyridine rings is 1. The van der Waals surface area contributed by atoms with Crippen LogP contribution in [0.1, 0.15) is 39.3 Å². The second-order valence-electron chi connectivity index (χ2n) is 9.66. The van der Waals surface area contributed by atoms with Gasteiger partial charge in [0.2, 0.25) is 5.95 Å². The number of hydrogen-bond acceptors (Lipinski definition) is 10. The molecule has 11 heteroatoms. The number of piperidine rings is 1. The van der Waals surface area contributed by atoms with Crippen LogP contribution in [0, 0.1) is 0 Å². The lowest BCUT2D eigenvalue weighted by Crippen LogP contribution is -2.44. The van der Waals surface area contributed by atoms with Crippen molar-refractivity contribution in [2.75, 3.05) is 37.8 Å². The van der Waals surface area contributed by atoms with Crippen LogP contribution in [0.15, 0.2) is 24.4 Å². The SMILES string of the molecule is CN(C)Cc1cc(Nc2nc3cccnc3s2)nc(NC2CCN(C(=O)OC(C)(C)C)CC2)n1. The molecule has 1 aliphatic heterocycles. The number of fused-ring (bicyclic) bond motifs is 1. The monoisotopic (exact) mass is 484 g/mol. The highest BCUT2D eigenvalue weighted by atomic mass is 32.1. The number of ether oxygens (including phenoxy) is 1. The zero-order valence-electron chi connectivity index (χ0n) is 20.3. The molecule has 4 rings (SSSR count). The van der Waals surface area contributed by atoms with E-state index in [4.69, 9.17) is 14.7 Å². The topological polar surface area (TPSA) is 108 Å². The second-order valence-corrected chi connectivity index (χ2v) is 10.6. The number of nitrogens with one attached hydrogen (secondary N) is 2. The molecule has 1 amide bonds. The zero-order valence-corrected chi connectivity index (χ0v) is 21.1.